The van der Waals surface area contributed by atoms with Crippen LogP contribution in [0.15, 0.2) is 46.6 Å². The van der Waals surface area contributed by atoms with Gasteiger partial charge in [-0.3, -0.25) is 14.5 Å². The maximum Gasteiger partial charge on any atom is 0.257 e. The number of rotatable bonds is 9. The van der Waals surface area contributed by atoms with E-state index in [9.17, 15) is 14.0 Å². The smallest absolute Gasteiger partial charge is 0.257 e. The van der Waals surface area contributed by atoms with Gasteiger partial charge in [0.15, 0.2) is 6.73 Å². The molecule has 0 N–H and O–H groups in total. The zero-order chi connectivity index (χ0) is 21.8. The Balaban J connectivity index is 1.18. The quantitative estimate of drug-likeness (QED) is 0.427. The normalized spacial score (nSPS) is 20.6. The van der Waals surface area contributed by atoms with Crippen LogP contribution in [0.25, 0.3) is 0 Å². The highest BCUT2D eigenvalue weighted by atomic mass is 35.5. The first-order valence-corrected chi connectivity index (χ1v) is 10.9. The van der Waals surface area contributed by atoms with Gasteiger partial charge >= 0.3 is 0 Å². The minimum Gasteiger partial charge on any atom is -0.453 e. The first-order valence-electron chi connectivity index (χ1n) is 10.5. The Morgan fingerprint density at radius 3 is 2.48 bits per heavy atom. The number of hydrazone groups is 1. The second-order valence-corrected chi connectivity index (χ2v) is 8.48. The Kier molecular flexibility index (Phi) is 6.87. The molecule has 4 rings (SSSR count). The zero-order valence-electron chi connectivity index (χ0n) is 17.1. The molecule has 3 aliphatic rings. The highest BCUT2D eigenvalue weighted by Gasteiger charge is 2.39. The van der Waals surface area contributed by atoms with Crippen LogP contribution in [0.2, 0.25) is 0 Å². The number of amides is 2. The Hall–Kier alpha value is -2.45. The lowest BCUT2D eigenvalue weighted by molar-refractivity contribution is -0.138. The summed E-state index contributed by atoms with van der Waals surface area (Å²) in [5.74, 6) is -0.164. The highest BCUT2D eigenvalue weighted by molar-refractivity contribution is 6.21. The van der Waals surface area contributed by atoms with Crippen LogP contribution in [-0.4, -0.2) is 65.8 Å². The Labute approximate surface area is 185 Å². The number of carbonyl (C=O) groups excluding carboxylic acids is 2. The topological polar surface area (TPSA) is 71.4 Å². The van der Waals surface area contributed by atoms with Gasteiger partial charge in [-0.2, -0.15) is 0 Å². The number of benzene rings is 1. The van der Waals surface area contributed by atoms with E-state index in [2.05, 4.69) is 5.10 Å². The van der Waals surface area contributed by atoms with Crippen molar-refractivity contribution in [1.82, 2.24) is 9.91 Å². The van der Waals surface area contributed by atoms with Gasteiger partial charge in [0.05, 0.1) is 18.5 Å². The zero-order valence-corrected chi connectivity index (χ0v) is 17.9. The second kappa shape index (κ2) is 9.78. The van der Waals surface area contributed by atoms with E-state index in [-0.39, 0.29) is 44.8 Å². The van der Waals surface area contributed by atoms with Crippen LogP contribution in [0.5, 0.6) is 0 Å². The van der Waals surface area contributed by atoms with Gasteiger partial charge < -0.3 is 9.47 Å². The lowest BCUT2D eigenvalue weighted by atomic mass is 9.93. The molecule has 0 fully saturated rings. The standard InChI is InChI=1S/C22H25ClFN3O4/c23-16(12-30-13-26-14-31-20(25-26)15-6-2-1-3-7-15)10-17(24)11-27-21(28)18-8-4-5-9-19(18)22(27)29/h1-3,6-7,16-17H,4-5,8-14H2. The molecule has 1 aromatic rings. The van der Waals surface area contributed by atoms with Crippen LogP contribution in [-0.2, 0) is 19.1 Å². The van der Waals surface area contributed by atoms with E-state index >= 15 is 0 Å². The van der Waals surface area contributed by atoms with E-state index < -0.39 is 11.5 Å². The third kappa shape index (κ3) is 5.07. The van der Waals surface area contributed by atoms with E-state index in [1.54, 1.807) is 5.01 Å². The Morgan fingerprint density at radius 1 is 1.13 bits per heavy atom. The number of hydrogen-bond acceptors (Lipinski definition) is 6. The van der Waals surface area contributed by atoms with Gasteiger partial charge in [-0.25, -0.2) is 9.40 Å². The summed E-state index contributed by atoms with van der Waals surface area (Å²) in [7, 11) is 0. The van der Waals surface area contributed by atoms with Crippen LogP contribution in [0.3, 0.4) is 0 Å². The fourth-order valence-corrected chi connectivity index (χ4v) is 4.26. The van der Waals surface area contributed by atoms with Gasteiger partial charge in [-0.05, 0) is 44.2 Å². The van der Waals surface area contributed by atoms with E-state index in [1.807, 2.05) is 30.3 Å². The number of imide groups is 1. The molecule has 0 saturated carbocycles. The van der Waals surface area contributed by atoms with Crippen molar-refractivity contribution in [2.75, 3.05) is 26.6 Å². The van der Waals surface area contributed by atoms with E-state index in [0.29, 0.717) is 29.9 Å². The molecule has 9 heteroatoms. The van der Waals surface area contributed by atoms with Crippen molar-refractivity contribution >= 4 is 29.3 Å². The van der Waals surface area contributed by atoms with E-state index in [0.717, 1.165) is 23.3 Å². The van der Waals surface area contributed by atoms with E-state index in [4.69, 9.17) is 21.1 Å². The molecule has 2 unspecified atom stereocenters. The third-order valence-electron chi connectivity index (χ3n) is 5.51. The number of halogens is 2. The lowest BCUT2D eigenvalue weighted by Crippen LogP contribution is -2.38. The third-order valence-corrected chi connectivity index (χ3v) is 5.81. The number of alkyl halides is 2. The highest BCUT2D eigenvalue weighted by Crippen LogP contribution is 2.33. The van der Waals surface area contributed by atoms with Gasteiger partial charge in [0, 0.05) is 16.7 Å². The largest absolute Gasteiger partial charge is 0.453 e. The summed E-state index contributed by atoms with van der Waals surface area (Å²) < 4.78 is 25.6. The van der Waals surface area contributed by atoms with Crippen molar-refractivity contribution in [1.29, 1.82) is 0 Å². The fourth-order valence-electron chi connectivity index (χ4n) is 3.98. The maximum absolute atomic E-state index is 14.5. The molecule has 2 heterocycles. The first-order chi connectivity index (χ1) is 15.0. The molecule has 0 spiro atoms. The van der Waals surface area contributed by atoms with Crippen molar-refractivity contribution in [2.45, 2.75) is 43.7 Å². The fraction of sp³-hybridized carbons (Fsp3) is 0.500. The van der Waals surface area contributed by atoms with Crippen molar-refractivity contribution in [3.63, 3.8) is 0 Å². The van der Waals surface area contributed by atoms with Crippen LogP contribution in [0.4, 0.5) is 4.39 Å². The van der Waals surface area contributed by atoms with Gasteiger partial charge in [0.1, 0.15) is 12.9 Å². The number of ether oxygens (including phenoxy) is 2. The van der Waals surface area contributed by atoms with Crippen molar-refractivity contribution in [2.24, 2.45) is 5.10 Å². The summed E-state index contributed by atoms with van der Waals surface area (Å²) >= 11 is 6.22. The van der Waals surface area contributed by atoms with Crippen molar-refractivity contribution < 1.29 is 23.5 Å². The number of hydrogen-bond donors (Lipinski definition) is 0. The summed E-state index contributed by atoms with van der Waals surface area (Å²) in [5.41, 5.74) is 2.01. The molecule has 166 valence electrons. The Bertz CT molecular complexity index is 864. The molecule has 1 aromatic carbocycles. The van der Waals surface area contributed by atoms with Gasteiger partial charge in [0.25, 0.3) is 11.8 Å². The monoisotopic (exact) mass is 449 g/mol. The molecule has 31 heavy (non-hydrogen) atoms. The van der Waals surface area contributed by atoms with Gasteiger partial charge in [0.2, 0.25) is 5.90 Å². The van der Waals surface area contributed by atoms with Crippen LogP contribution in [0, 0.1) is 0 Å². The average molecular weight is 450 g/mol. The molecule has 7 nitrogen and oxygen atoms in total. The van der Waals surface area contributed by atoms with Crippen molar-refractivity contribution in [3.8, 4) is 0 Å². The minimum absolute atomic E-state index is 0.0156. The molecule has 1 aliphatic carbocycles. The maximum atomic E-state index is 14.5. The van der Waals surface area contributed by atoms with Gasteiger partial charge in [-0.1, -0.05) is 18.2 Å². The average Bonchev–Trinajstić information content (AvgIpc) is 3.34. The summed E-state index contributed by atoms with van der Waals surface area (Å²) in [4.78, 5) is 25.9. The molecule has 2 atom stereocenters. The summed E-state index contributed by atoms with van der Waals surface area (Å²) in [6, 6.07) is 9.53. The molecule has 0 saturated heterocycles. The molecular weight excluding hydrogens is 425 g/mol. The van der Waals surface area contributed by atoms with Crippen LogP contribution in [0.1, 0.15) is 37.7 Å². The lowest BCUT2D eigenvalue weighted by Gasteiger charge is -2.20. The second-order valence-electron chi connectivity index (χ2n) is 7.87. The predicted molar refractivity (Wildman–Crippen MR) is 113 cm³/mol. The summed E-state index contributed by atoms with van der Waals surface area (Å²) in [6.07, 6.45) is 1.58. The van der Waals surface area contributed by atoms with Crippen LogP contribution < -0.4 is 0 Å². The molecule has 2 amide bonds. The van der Waals surface area contributed by atoms with Crippen LogP contribution >= 0.6 is 11.6 Å². The molecular formula is C22H25ClFN3O4. The number of carbonyl (C=O) groups is 2. The predicted octanol–water partition coefficient (Wildman–Crippen LogP) is 3.19. The molecule has 0 bridgehead atoms. The first kappa shape index (κ1) is 21.8. The van der Waals surface area contributed by atoms with Gasteiger partial charge in [-0.15, -0.1) is 16.7 Å². The molecule has 2 aliphatic heterocycles. The molecule has 0 aromatic heterocycles. The summed E-state index contributed by atoms with van der Waals surface area (Å²) in [5, 5.41) is 5.35. The number of nitrogens with zero attached hydrogens (tertiary/aromatic N) is 3. The van der Waals surface area contributed by atoms with Crippen molar-refractivity contribution in [3.05, 3.63) is 47.0 Å². The summed E-state index contributed by atoms with van der Waals surface area (Å²) in [6.45, 7) is 0.278. The van der Waals surface area contributed by atoms with E-state index in [1.165, 1.54) is 0 Å². The minimum atomic E-state index is -1.40. The Morgan fingerprint density at radius 2 is 1.81 bits per heavy atom. The molecule has 0 radical (unpaired) electrons. The SMILES string of the molecule is O=C1C2=C(CCCC2)C(=O)N1CC(F)CC(Cl)COCN1COC(c2ccccc2)=N1.